The minimum Gasteiger partial charge on any atom is -0.497 e. The molecule has 1 aromatic carbocycles. The standard InChI is InChI=1S/C17H26O6/c1-21-13-7-5-12(6-8-13)4-2-3-9-22-16-10-14(19)17(20)15(11-18)23-16/h5-8,14-20H,2-4,9-11H2,1H3/t14?,15?,16-,17-/m0/s1. The molecule has 6 nitrogen and oxygen atoms in total. The number of hydrogen-bond acceptors (Lipinski definition) is 6. The highest BCUT2D eigenvalue weighted by Gasteiger charge is 2.36. The second-order valence-electron chi connectivity index (χ2n) is 5.76. The lowest BCUT2D eigenvalue weighted by atomic mass is 10.0. The van der Waals surface area contributed by atoms with Crippen LogP contribution in [-0.2, 0) is 15.9 Å². The van der Waals surface area contributed by atoms with Gasteiger partial charge in [-0.2, -0.15) is 0 Å². The summed E-state index contributed by atoms with van der Waals surface area (Å²) in [5.41, 5.74) is 1.25. The lowest BCUT2D eigenvalue weighted by molar-refractivity contribution is -0.256. The molecule has 0 radical (unpaired) electrons. The number of hydrogen-bond donors (Lipinski definition) is 3. The van der Waals surface area contributed by atoms with Gasteiger partial charge in [0.1, 0.15) is 18.0 Å². The molecule has 1 aromatic rings. The maximum Gasteiger partial charge on any atom is 0.160 e. The van der Waals surface area contributed by atoms with Gasteiger partial charge < -0.3 is 29.5 Å². The predicted molar refractivity (Wildman–Crippen MR) is 84.3 cm³/mol. The Morgan fingerprint density at radius 3 is 2.57 bits per heavy atom. The van der Waals surface area contributed by atoms with Crippen molar-refractivity contribution in [2.45, 2.75) is 50.3 Å². The molecule has 0 amide bonds. The van der Waals surface area contributed by atoms with Crippen LogP contribution in [0.3, 0.4) is 0 Å². The third kappa shape index (κ3) is 5.44. The van der Waals surface area contributed by atoms with Gasteiger partial charge in [-0.15, -0.1) is 0 Å². The van der Waals surface area contributed by atoms with E-state index in [0.29, 0.717) is 6.61 Å². The molecule has 6 heteroatoms. The monoisotopic (exact) mass is 326 g/mol. The normalized spacial score (nSPS) is 27.8. The van der Waals surface area contributed by atoms with Crippen LogP contribution in [0.4, 0.5) is 0 Å². The van der Waals surface area contributed by atoms with E-state index in [0.717, 1.165) is 25.0 Å². The molecule has 1 fully saturated rings. The van der Waals surface area contributed by atoms with Gasteiger partial charge in [0.2, 0.25) is 0 Å². The molecule has 4 atom stereocenters. The quantitative estimate of drug-likeness (QED) is 0.614. The molecule has 0 spiro atoms. The Kier molecular flexibility index (Phi) is 7.26. The molecular weight excluding hydrogens is 300 g/mol. The van der Waals surface area contributed by atoms with Crippen LogP contribution in [0.25, 0.3) is 0 Å². The highest BCUT2D eigenvalue weighted by molar-refractivity contribution is 5.27. The molecule has 0 bridgehead atoms. The summed E-state index contributed by atoms with van der Waals surface area (Å²) in [4.78, 5) is 0. The number of aliphatic hydroxyl groups is 3. The van der Waals surface area contributed by atoms with E-state index in [4.69, 9.17) is 19.3 Å². The maximum absolute atomic E-state index is 9.71. The fraction of sp³-hybridized carbons (Fsp3) is 0.647. The van der Waals surface area contributed by atoms with Crippen LogP contribution in [0.2, 0.25) is 0 Å². The van der Waals surface area contributed by atoms with Gasteiger partial charge in [-0.1, -0.05) is 12.1 Å². The van der Waals surface area contributed by atoms with E-state index < -0.39 is 24.6 Å². The number of benzene rings is 1. The van der Waals surface area contributed by atoms with E-state index >= 15 is 0 Å². The first kappa shape index (κ1) is 18.2. The van der Waals surface area contributed by atoms with Gasteiger partial charge >= 0.3 is 0 Å². The van der Waals surface area contributed by atoms with Crippen molar-refractivity contribution in [1.82, 2.24) is 0 Å². The molecule has 0 aromatic heterocycles. The third-order valence-electron chi connectivity index (χ3n) is 4.04. The van der Waals surface area contributed by atoms with Crippen LogP contribution in [0, 0.1) is 0 Å². The van der Waals surface area contributed by atoms with Crippen molar-refractivity contribution in [2.75, 3.05) is 20.3 Å². The van der Waals surface area contributed by atoms with Gasteiger partial charge in [0.05, 0.1) is 19.8 Å². The minimum atomic E-state index is -1.06. The van der Waals surface area contributed by atoms with E-state index in [1.54, 1.807) is 7.11 Å². The molecule has 0 saturated carbocycles. The highest BCUT2D eigenvalue weighted by atomic mass is 16.7. The molecule has 3 N–H and O–H groups in total. The van der Waals surface area contributed by atoms with Crippen molar-refractivity contribution in [2.24, 2.45) is 0 Å². The van der Waals surface area contributed by atoms with Gasteiger partial charge in [0.15, 0.2) is 6.29 Å². The number of ether oxygens (including phenoxy) is 3. The summed E-state index contributed by atoms with van der Waals surface area (Å²) in [5.74, 6) is 0.853. The summed E-state index contributed by atoms with van der Waals surface area (Å²) in [6, 6.07) is 7.99. The minimum absolute atomic E-state index is 0.218. The second kappa shape index (κ2) is 9.20. The Bertz CT molecular complexity index is 449. The summed E-state index contributed by atoms with van der Waals surface area (Å²) in [6.45, 7) is 0.178. The van der Waals surface area contributed by atoms with Crippen molar-refractivity contribution in [1.29, 1.82) is 0 Å². The molecule has 1 saturated heterocycles. The van der Waals surface area contributed by atoms with Crippen LogP contribution in [0.5, 0.6) is 5.75 Å². The summed E-state index contributed by atoms with van der Waals surface area (Å²) >= 11 is 0. The number of aliphatic hydroxyl groups excluding tert-OH is 3. The number of methoxy groups -OCH3 is 1. The first-order valence-corrected chi connectivity index (χ1v) is 8.01. The molecule has 1 heterocycles. The average Bonchev–Trinajstić information content (AvgIpc) is 2.58. The van der Waals surface area contributed by atoms with Crippen LogP contribution in [0.15, 0.2) is 24.3 Å². The first-order chi connectivity index (χ1) is 11.1. The summed E-state index contributed by atoms with van der Waals surface area (Å²) in [7, 11) is 1.65. The Balaban J connectivity index is 1.63. The Morgan fingerprint density at radius 1 is 1.17 bits per heavy atom. The van der Waals surface area contributed by atoms with Crippen LogP contribution >= 0.6 is 0 Å². The topological polar surface area (TPSA) is 88.4 Å². The lowest BCUT2D eigenvalue weighted by Gasteiger charge is -2.36. The molecule has 1 aliphatic heterocycles. The molecule has 2 unspecified atom stereocenters. The molecular formula is C17H26O6. The largest absolute Gasteiger partial charge is 0.497 e. The zero-order valence-corrected chi connectivity index (χ0v) is 13.4. The van der Waals surface area contributed by atoms with Crippen LogP contribution < -0.4 is 4.74 Å². The second-order valence-corrected chi connectivity index (χ2v) is 5.76. The van der Waals surface area contributed by atoms with Gasteiger partial charge in [0, 0.05) is 13.0 Å². The van der Waals surface area contributed by atoms with Crippen LogP contribution in [0.1, 0.15) is 24.8 Å². The molecule has 1 aliphatic rings. The number of unbranched alkanes of at least 4 members (excludes halogenated alkanes) is 1. The summed E-state index contributed by atoms with van der Waals surface area (Å²) in [6.07, 6.45) is -0.327. The van der Waals surface area contributed by atoms with Crippen molar-refractivity contribution >= 4 is 0 Å². The number of aryl methyl sites for hydroxylation is 1. The lowest BCUT2D eigenvalue weighted by Crippen LogP contribution is -2.50. The van der Waals surface area contributed by atoms with E-state index in [2.05, 4.69) is 0 Å². The van der Waals surface area contributed by atoms with Crippen molar-refractivity contribution < 1.29 is 29.5 Å². The van der Waals surface area contributed by atoms with Gasteiger partial charge in [-0.05, 0) is 37.0 Å². The van der Waals surface area contributed by atoms with E-state index in [9.17, 15) is 10.2 Å². The third-order valence-corrected chi connectivity index (χ3v) is 4.04. The molecule has 23 heavy (non-hydrogen) atoms. The Morgan fingerprint density at radius 2 is 1.91 bits per heavy atom. The van der Waals surface area contributed by atoms with Crippen LogP contribution in [-0.4, -0.2) is 60.2 Å². The van der Waals surface area contributed by atoms with Crippen molar-refractivity contribution in [3.63, 3.8) is 0 Å². The maximum atomic E-state index is 9.71. The predicted octanol–water partition coefficient (Wildman–Crippen LogP) is 0.864. The highest BCUT2D eigenvalue weighted by Crippen LogP contribution is 2.21. The fourth-order valence-electron chi connectivity index (χ4n) is 2.61. The smallest absolute Gasteiger partial charge is 0.160 e. The Hall–Kier alpha value is -1.18. The van der Waals surface area contributed by atoms with E-state index in [1.165, 1.54) is 5.56 Å². The molecule has 0 aliphatic carbocycles. The van der Waals surface area contributed by atoms with E-state index in [1.807, 2.05) is 24.3 Å². The zero-order chi connectivity index (χ0) is 16.7. The molecule has 130 valence electrons. The van der Waals surface area contributed by atoms with Gasteiger partial charge in [-0.3, -0.25) is 0 Å². The van der Waals surface area contributed by atoms with Gasteiger partial charge in [-0.25, -0.2) is 0 Å². The van der Waals surface area contributed by atoms with E-state index in [-0.39, 0.29) is 13.0 Å². The Labute approximate surface area is 136 Å². The zero-order valence-electron chi connectivity index (χ0n) is 13.4. The summed E-state index contributed by atoms with van der Waals surface area (Å²) in [5, 5.41) is 28.5. The first-order valence-electron chi connectivity index (χ1n) is 8.01. The average molecular weight is 326 g/mol. The van der Waals surface area contributed by atoms with Gasteiger partial charge in [0.25, 0.3) is 0 Å². The number of rotatable bonds is 8. The summed E-state index contributed by atoms with van der Waals surface area (Å²) < 4.78 is 16.1. The fourth-order valence-corrected chi connectivity index (χ4v) is 2.61. The van der Waals surface area contributed by atoms with Crippen molar-refractivity contribution in [3.8, 4) is 5.75 Å². The molecule has 2 rings (SSSR count). The van der Waals surface area contributed by atoms with Crippen molar-refractivity contribution in [3.05, 3.63) is 29.8 Å². The SMILES string of the molecule is COc1ccc(CCCCO[C@@H]2CC(O)[C@H](O)C(CO)O2)cc1.